The molecule has 6 heteroatoms. The van der Waals surface area contributed by atoms with E-state index in [9.17, 15) is 9.59 Å². The Labute approximate surface area is 161 Å². The highest BCUT2D eigenvalue weighted by molar-refractivity contribution is 6.33. The summed E-state index contributed by atoms with van der Waals surface area (Å²) in [5.41, 5.74) is 1.02. The van der Waals surface area contributed by atoms with Gasteiger partial charge in [-0.2, -0.15) is 0 Å². The van der Waals surface area contributed by atoms with E-state index in [0.29, 0.717) is 34.5 Å². The van der Waals surface area contributed by atoms with Crippen molar-refractivity contribution in [1.29, 1.82) is 0 Å². The number of nitrogens with zero attached hydrogens (tertiary/aromatic N) is 1. The topological polar surface area (TPSA) is 61.4 Å². The first-order valence-corrected chi connectivity index (χ1v) is 9.74. The Kier molecular flexibility index (Phi) is 7.47. The van der Waals surface area contributed by atoms with Crippen LogP contribution in [0.25, 0.3) is 0 Å². The zero-order valence-corrected chi connectivity index (χ0v) is 16.9. The molecule has 26 heavy (non-hydrogen) atoms. The molecule has 1 heterocycles. The van der Waals surface area contributed by atoms with Gasteiger partial charge in [0.2, 0.25) is 5.91 Å². The molecule has 1 atom stereocenters. The standard InChI is InChI=1S/C20H30ClN3O2/c1-13(2)24(4)20(26)16-5-6-17(21)18(12-16)23-19(25)11-14(3)15-7-9-22-10-8-15/h5-6,12-15,22H,7-11H2,1-4H3,(H,23,25). The van der Waals surface area contributed by atoms with E-state index in [4.69, 9.17) is 11.6 Å². The molecule has 2 amide bonds. The van der Waals surface area contributed by atoms with Crippen LogP contribution in [0.15, 0.2) is 18.2 Å². The normalized spacial score (nSPS) is 16.4. The summed E-state index contributed by atoms with van der Waals surface area (Å²) in [7, 11) is 1.76. The number of anilines is 1. The lowest BCUT2D eigenvalue weighted by molar-refractivity contribution is -0.117. The van der Waals surface area contributed by atoms with E-state index < -0.39 is 0 Å². The van der Waals surface area contributed by atoms with Gasteiger partial charge in [0.25, 0.3) is 5.91 Å². The number of nitrogens with one attached hydrogen (secondary N) is 2. The van der Waals surface area contributed by atoms with Crippen LogP contribution in [0.5, 0.6) is 0 Å². The van der Waals surface area contributed by atoms with Gasteiger partial charge in [0.15, 0.2) is 0 Å². The predicted molar refractivity (Wildman–Crippen MR) is 107 cm³/mol. The first-order valence-electron chi connectivity index (χ1n) is 9.37. The van der Waals surface area contributed by atoms with Gasteiger partial charge in [0.1, 0.15) is 0 Å². The van der Waals surface area contributed by atoms with E-state index in [0.717, 1.165) is 25.9 Å². The van der Waals surface area contributed by atoms with Crippen LogP contribution in [0.2, 0.25) is 5.02 Å². The summed E-state index contributed by atoms with van der Waals surface area (Å²) >= 11 is 6.22. The maximum absolute atomic E-state index is 12.5. The van der Waals surface area contributed by atoms with Crippen molar-refractivity contribution in [2.24, 2.45) is 11.8 Å². The second-order valence-corrected chi connectivity index (χ2v) is 7.93. The van der Waals surface area contributed by atoms with Gasteiger partial charge in [-0.05, 0) is 69.8 Å². The SMILES string of the molecule is CC(CC(=O)Nc1cc(C(=O)N(C)C(C)C)ccc1Cl)C1CCNCC1. The lowest BCUT2D eigenvalue weighted by Crippen LogP contribution is -2.33. The molecule has 0 bridgehead atoms. The maximum Gasteiger partial charge on any atom is 0.253 e. The third kappa shape index (κ3) is 5.45. The third-order valence-electron chi connectivity index (χ3n) is 5.28. The van der Waals surface area contributed by atoms with Crippen molar-refractivity contribution in [3.63, 3.8) is 0 Å². The van der Waals surface area contributed by atoms with Crippen molar-refractivity contribution in [3.8, 4) is 0 Å². The van der Waals surface area contributed by atoms with Gasteiger partial charge in [-0.15, -0.1) is 0 Å². The summed E-state index contributed by atoms with van der Waals surface area (Å²) < 4.78 is 0. The zero-order chi connectivity index (χ0) is 19.3. The van der Waals surface area contributed by atoms with Crippen molar-refractivity contribution in [3.05, 3.63) is 28.8 Å². The number of amides is 2. The van der Waals surface area contributed by atoms with Crippen LogP contribution in [0.3, 0.4) is 0 Å². The number of carbonyl (C=O) groups excluding carboxylic acids is 2. The molecular weight excluding hydrogens is 350 g/mol. The lowest BCUT2D eigenvalue weighted by atomic mass is 9.84. The van der Waals surface area contributed by atoms with Crippen molar-refractivity contribution >= 4 is 29.1 Å². The summed E-state index contributed by atoms with van der Waals surface area (Å²) in [6.45, 7) is 8.10. The molecule has 1 aromatic carbocycles. The number of benzene rings is 1. The minimum Gasteiger partial charge on any atom is -0.339 e. The van der Waals surface area contributed by atoms with Crippen LogP contribution >= 0.6 is 11.6 Å². The Morgan fingerprint density at radius 2 is 1.92 bits per heavy atom. The smallest absolute Gasteiger partial charge is 0.253 e. The Morgan fingerprint density at radius 1 is 1.27 bits per heavy atom. The Bertz CT molecular complexity index is 642. The van der Waals surface area contributed by atoms with Gasteiger partial charge in [-0.1, -0.05) is 18.5 Å². The van der Waals surface area contributed by atoms with Crippen molar-refractivity contribution in [2.45, 2.75) is 46.1 Å². The largest absolute Gasteiger partial charge is 0.339 e. The van der Waals surface area contributed by atoms with Crippen molar-refractivity contribution in [1.82, 2.24) is 10.2 Å². The maximum atomic E-state index is 12.5. The summed E-state index contributed by atoms with van der Waals surface area (Å²) in [5, 5.41) is 6.68. The quantitative estimate of drug-likeness (QED) is 0.790. The molecule has 1 aliphatic heterocycles. The molecule has 0 aromatic heterocycles. The van der Waals surface area contributed by atoms with Crippen LogP contribution in [0.4, 0.5) is 5.69 Å². The molecule has 1 aromatic rings. The van der Waals surface area contributed by atoms with Gasteiger partial charge >= 0.3 is 0 Å². The van der Waals surface area contributed by atoms with Crippen LogP contribution in [0.1, 0.15) is 50.4 Å². The van der Waals surface area contributed by atoms with Gasteiger partial charge < -0.3 is 15.5 Å². The fourth-order valence-electron chi connectivity index (χ4n) is 3.27. The Balaban J connectivity index is 2.02. The van der Waals surface area contributed by atoms with Crippen LogP contribution in [-0.2, 0) is 4.79 Å². The molecule has 1 aliphatic rings. The van der Waals surface area contributed by atoms with E-state index in [-0.39, 0.29) is 17.9 Å². The highest BCUT2D eigenvalue weighted by Crippen LogP contribution is 2.27. The zero-order valence-electron chi connectivity index (χ0n) is 16.1. The Morgan fingerprint density at radius 3 is 2.54 bits per heavy atom. The molecule has 144 valence electrons. The highest BCUT2D eigenvalue weighted by atomic mass is 35.5. The van der Waals surface area contributed by atoms with E-state index in [2.05, 4.69) is 17.6 Å². The number of halogens is 1. The molecule has 2 rings (SSSR count). The van der Waals surface area contributed by atoms with Crippen LogP contribution in [0, 0.1) is 11.8 Å². The number of hydrogen-bond donors (Lipinski definition) is 2. The predicted octanol–water partition coefficient (Wildman–Crippen LogP) is 3.78. The summed E-state index contributed by atoms with van der Waals surface area (Å²) in [5.74, 6) is 0.757. The summed E-state index contributed by atoms with van der Waals surface area (Å²) in [6.07, 6.45) is 2.69. The monoisotopic (exact) mass is 379 g/mol. The van der Waals surface area contributed by atoms with E-state index >= 15 is 0 Å². The minimum absolute atomic E-state index is 0.0558. The van der Waals surface area contributed by atoms with Crippen LogP contribution < -0.4 is 10.6 Å². The summed E-state index contributed by atoms with van der Waals surface area (Å²) in [4.78, 5) is 26.6. The molecule has 0 spiro atoms. The molecule has 5 nitrogen and oxygen atoms in total. The van der Waals surface area contributed by atoms with Gasteiger partial charge in [-0.3, -0.25) is 9.59 Å². The fraction of sp³-hybridized carbons (Fsp3) is 0.600. The fourth-order valence-corrected chi connectivity index (χ4v) is 3.43. The first-order chi connectivity index (χ1) is 12.3. The number of carbonyl (C=O) groups is 2. The molecule has 1 fully saturated rings. The number of piperidine rings is 1. The minimum atomic E-state index is -0.0877. The van der Waals surface area contributed by atoms with Gasteiger partial charge in [0.05, 0.1) is 10.7 Å². The summed E-state index contributed by atoms with van der Waals surface area (Å²) in [6, 6.07) is 5.12. The van der Waals surface area contributed by atoms with E-state index in [1.807, 2.05) is 13.8 Å². The Hall–Kier alpha value is -1.59. The average Bonchev–Trinajstić information content (AvgIpc) is 2.62. The third-order valence-corrected chi connectivity index (χ3v) is 5.61. The number of rotatable bonds is 6. The molecular formula is C20H30ClN3O2. The first kappa shape index (κ1) is 20.7. The molecule has 1 saturated heterocycles. The van der Waals surface area contributed by atoms with E-state index in [1.54, 1.807) is 30.1 Å². The molecule has 1 unspecified atom stereocenters. The van der Waals surface area contributed by atoms with Gasteiger partial charge in [-0.25, -0.2) is 0 Å². The lowest BCUT2D eigenvalue weighted by Gasteiger charge is -2.28. The molecule has 0 radical (unpaired) electrons. The second kappa shape index (κ2) is 9.38. The molecule has 0 saturated carbocycles. The molecule has 2 N–H and O–H groups in total. The molecule has 0 aliphatic carbocycles. The van der Waals surface area contributed by atoms with Gasteiger partial charge in [0, 0.05) is 25.1 Å². The second-order valence-electron chi connectivity index (χ2n) is 7.52. The number of hydrogen-bond acceptors (Lipinski definition) is 3. The van der Waals surface area contributed by atoms with Crippen molar-refractivity contribution < 1.29 is 9.59 Å². The average molecular weight is 380 g/mol. The van der Waals surface area contributed by atoms with E-state index in [1.165, 1.54) is 0 Å². The van der Waals surface area contributed by atoms with Crippen LogP contribution in [-0.4, -0.2) is 42.9 Å². The van der Waals surface area contributed by atoms with Crippen molar-refractivity contribution in [2.75, 3.05) is 25.5 Å². The highest BCUT2D eigenvalue weighted by Gasteiger charge is 2.23.